The van der Waals surface area contributed by atoms with Gasteiger partial charge in [-0.3, -0.25) is 19.2 Å². The largest absolute Gasteiger partial charge is 2.00 e. The molecule has 0 atom stereocenters. The van der Waals surface area contributed by atoms with Gasteiger partial charge in [0.05, 0.1) is 12.8 Å². The molecule has 172 valence electrons. The zero-order valence-electron chi connectivity index (χ0n) is 18.6. The van der Waals surface area contributed by atoms with Gasteiger partial charge in [-0.15, -0.1) is 12.1 Å². The number of nitrogens with one attached hydrogen (secondary N) is 2. The molecule has 6 nitrogen and oxygen atoms in total. The second-order valence-corrected chi connectivity index (χ2v) is 7.83. The minimum Gasteiger partial charge on any atom is -0.675 e. The molecule has 0 aromatic carbocycles. The van der Waals surface area contributed by atoms with Gasteiger partial charge in [0, 0.05) is 0 Å². The molecule has 7 heteroatoms. The zero-order chi connectivity index (χ0) is 21.9. The van der Waals surface area contributed by atoms with Crippen LogP contribution in [0.25, 0.3) is 11.5 Å². The maximum Gasteiger partial charge on any atom is 2.00 e. The molecule has 2 rings (SSSR count). The molecule has 0 aliphatic heterocycles. The van der Waals surface area contributed by atoms with Gasteiger partial charge in [0.1, 0.15) is 23.1 Å². The molecule has 0 radical (unpaired) electrons. The fraction of sp³-hybridized carbons (Fsp3) is 0.818. The molecule has 0 unspecified atom stereocenters. The first-order valence-electron chi connectivity index (χ1n) is 10.4. The van der Waals surface area contributed by atoms with Gasteiger partial charge >= 0.3 is 16.5 Å². The molecule has 2 saturated carbocycles. The van der Waals surface area contributed by atoms with Gasteiger partial charge in [-0.25, -0.2) is 0 Å². The van der Waals surface area contributed by atoms with Crippen molar-refractivity contribution >= 4 is 23.1 Å². The van der Waals surface area contributed by atoms with E-state index in [0.29, 0.717) is 0 Å². The maximum absolute atomic E-state index is 10.0. The number of carbonyl (C=O) groups is 4. The van der Waals surface area contributed by atoms with Crippen molar-refractivity contribution in [1.82, 2.24) is 0 Å². The normalized spacial score (nSPS) is 16.2. The van der Waals surface area contributed by atoms with Crippen molar-refractivity contribution in [2.75, 3.05) is 0 Å². The zero-order valence-corrected chi connectivity index (χ0v) is 19.6. The molecule has 0 amide bonds. The van der Waals surface area contributed by atoms with Gasteiger partial charge in [0.15, 0.2) is 0 Å². The van der Waals surface area contributed by atoms with E-state index in [-0.39, 0.29) is 64.5 Å². The van der Waals surface area contributed by atoms with Crippen molar-refractivity contribution in [3.8, 4) is 0 Å². The Labute approximate surface area is 187 Å². The van der Waals surface area contributed by atoms with Crippen molar-refractivity contribution in [3.63, 3.8) is 0 Å². The van der Waals surface area contributed by atoms with Crippen molar-refractivity contribution in [2.24, 2.45) is 0 Å². The van der Waals surface area contributed by atoms with E-state index in [1.165, 1.54) is 66.2 Å². The molecule has 2 fully saturated rings. The summed E-state index contributed by atoms with van der Waals surface area (Å²) in [6.45, 7) is 5.62. The fourth-order valence-electron chi connectivity index (χ4n) is 2.91. The molecule has 29 heavy (non-hydrogen) atoms. The Balaban J connectivity index is -0.000000307. The van der Waals surface area contributed by atoms with Crippen LogP contribution >= 0.6 is 0 Å². The Morgan fingerprint density at radius 1 is 0.552 bits per heavy atom. The Hall–Kier alpha value is -0.906. The fourth-order valence-corrected chi connectivity index (χ4v) is 2.91. The second-order valence-electron chi connectivity index (χ2n) is 7.83. The van der Waals surface area contributed by atoms with Crippen LogP contribution in [-0.2, 0) is 35.7 Å². The molecule has 0 heterocycles. The second kappa shape index (κ2) is 21.8. The predicted molar refractivity (Wildman–Crippen MR) is 114 cm³/mol. The SMILES string of the molecule is CC(=O)CC(C)=O.CC(=O)CC(C)=O.[NH-]C1CCCCC1.[NH-]C1CCCCC1.[Ni+2]. The van der Waals surface area contributed by atoms with E-state index in [4.69, 9.17) is 11.5 Å². The number of rotatable bonds is 4. The van der Waals surface area contributed by atoms with Crippen molar-refractivity contribution in [2.45, 2.75) is 117 Å². The van der Waals surface area contributed by atoms with Crippen molar-refractivity contribution in [1.29, 1.82) is 0 Å². The topological polar surface area (TPSA) is 116 Å². The first-order chi connectivity index (χ1) is 13.0. The van der Waals surface area contributed by atoms with E-state index in [0.717, 1.165) is 25.7 Å². The van der Waals surface area contributed by atoms with Crippen LogP contribution in [0.15, 0.2) is 0 Å². The predicted octanol–water partition coefficient (Wildman–Crippen LogP) is 5.85. The molecule has 2 aliphatic carbocycles. The summed E-state index contributed by atoms with van der Waals surface area (Å²) in [7, 11) is 0. The number of Topliss-reactive ketones (excluding diaryl/α,β-unsaturated/α-hetero) is 4. The number of hydrogen-bond donors (Lipinski definition) is 0. The Bertz CT molecular complexity index is 392. The van der Waals surface area contributed by atoms with E-state index in [9.17, 15) is 19.2 Å². The summed E-state index contributed by atoms with van der Waals surface area (Å²) in [5, 5.41) is 0. The number of carbonyl (C=O) groups excluding carboxylic acids is 4. The first kappa shape index (κ1) is 32.8. The Morgan fingerprint density at radius 3 is 0.828 bits per heavy atom. The molecular formula is C22H40N2NiO4. The summed E-state index contributed by atoms with van der Waals surface area (Å²) in [4.78, 5) is 40.1. The molecule has 0 aromatic rings. The summed E-state index contributed by atoms with van der Waals surface area (Å²) >= 11 is 0. The van der Waals surface area contributed by atoms with Gasteiger partial charge in [-0.05, 0) is 27.7 Å². The summed E-state index contributed by atoms with van der Waals surface area (Å²) in [6, 6.07) is 0.572. The summed E-state index contributed by atoms with van der Waals surface area (Å²) in [6.07, 6.45) is 12.7. The smallest absolute Gasteiger partial charge is 0.675 e. The van der Waals surface area contributed by atoms with Crippen LogP contribution in [0.3, 0.4) is 0 Å². The molecular weight excluding hydrogens is 415 g/mol. The third kappa shape index (κ3) is 32.0. The van der Waals surface area contributed by atoms with Crippen LogP contribution < -0.4 is 0 Å². The standard InChI is InChI=1S/2C6H12N.2C5H8O2.Ni/c2*7-6-4-2-1-3-5-6;2*1-4(6)3-5(2)7;/h2*6-7H,1-5H2;2*3H2,1-2H3;/q2*-1;;;+2. The quantitative estimate of drug-likeness (QED) is 0.391. The van der Waals surface area contributed by atoms with Gasteiger partial charge in [0.25, 0.3) is 0 Å². The molecule has 0 aromatic heterocycles. The number of ketones is 4. The average molecular weight is 455 g/mol. The summed E-state index contributed by atoms with van der Waals surface area (Å²) in [5.74, 6) is -0.250. The van der Waals surface area contributed by atoms with Crippen LogP contribution in [0, 0.1) is 0 Å². The molecule has 2 aliphatic rings. The third-order valence-corrected chi connectivity index (χ3v) is 4.21. The minimum atomic E-state index is -0.0625. The molecule has 0 bridgehead atoms. The Kier molecular flexibility index (Phi) is 24.6. The van der Waals surface area contributed by atoms with Gasteiger partial charge in [-0.2, -0.15) is 0 Å². The van der Waals surface area contributed by atoms with E-state index in [1.807, 2.05) is 0 Å². The average Bonchev–Trinajstić information content (AvgIpc) is 2.55. The summed E-state index contributed by atoms with van der Waals surface area (Å²) in [5.41, 5.74) is 14.5. The monoisotopic (exact) mass is 454 g/mol. The van der Waals surface area contributed by atoms with Crippen LogP contribution in [0.2, 0.25) is 0 Å². The maximum atomic E-state index is 10.0. The summed E-state index contributed by atoms with van der Waals surface area (Å²) < 4.78 is 0. The number of hydrogen-bond acceptors (Lipinski definition) is 4. The van der Waals surface area contributed by atoms with E-state index >= 15 is 0 Å². The third-order valence-electron chi connectivity index (χ3n) is 4.21. The van der Waals surface area contributed by atoms with Crippen molar-refractivity contribution < 1.29 is 35.7 Å². The van der Waals surface area contributed by atoms with E-state index < -0.39 is 0 Å². The minimum absolute atomic E-state index is 0. The van der Waals surface area contributed by atoms with Crippen LogP contribution in [0.5, 0.6) is 0 Å². The van der Waals surface area contributed by atoms with E-state index in [2.05, 4.69) is 0 Å². The molecule has 0 saturated heterocycles. The van der Waals surface area contributed by atoms with Crippen LogP contribution in [-0.4, -0.2) is 35.2 Å². The van der Waals surface area contributed by atoms with E-state index in [1.54, 1.807) is 0 Å². The first-order valence-corrected chi connectivity index (χ1v) is 10.4. The van der Waals surface area contributed by atoms with Gasteiger partial charge in [0.2, 0.25) is 0 Å². The molecule has 0 spiro atoms. The van der Waals surface area contributed by atoms with Crippen LogP contribution in [0.4, 0.5) is 0 Å². The molecule has 2 N–H and O–H groups in total. The van der Waals surface area contributed by atoms with Gasteiger partial charge in [-0.1, -0.05) is 64.2 Å². The van der Waals surface area contributed by atoms with Gasteiger partial charge < -0.3 is 11.5 Å². The van der Waals surface area contributed by atoms with Crippen LogP contribution in [0.1, 0.15) is 105 Å². The Morgan fingerprint density at radius 2 is 0.759 bits per heavy atom. The van der Waals surface area contributed by atoms with Crippen molar-refractivity contribution in [3.05, 3.63) is 11.5 Å².